The van der Waals surface area contributed by atoms with E-state index in [-0.39, 0.29) is 6.04 Å². The molecule has 1 rings (SSSR count). The van der Waals surface area contributed by atoms with Gasteiger partial charge in [0.25, 0.3) is 0 Å². The van der Waals surface area contributed by atoms with Crippen LogP contribution < -0.4 is 5.73 Å². The summed E-state index contributed by atoms with van der Waals surface area (Å²) < 4.78 is 10.0. The minimum absolute atomic E-state index is 0.0701. The van der Waals surface area contributed by atoms with E-state index >= 15 is 0 Å². The SMILES string of the molecule is COCCc1noc(CC(N)C(C)C)n1. The van der Waals surface area contributed by atoms with Gasteiger partial charge in [-0.2, -0.15) is 4.98 Å². The average Bonchev–Trinajstić information content (AvgIpc) is 2.62. The number of methoxy groups -OCH3 is 1. The third kappa shape index (κ3) is 3.97. The van der Waals surface area contributed by atoms with Crippen LogP contribution in [0.2, 0.25) is 0 Å². The Morgan fingerprint density at radius 3 is 2.80 bits per heavy atom. The molecule has 1 aromatic rings. The summed E-state index contributed by atoms with van der Waals surface area (Å²) in [6, 6.07) is 0.0701. The summed E-state index contributed by atoms with van der Waals surface area (Å²) in [5, 5.41) is 3.84. The van der Waals surface area contributed by atoms with Gasteiger partial charge in [0.05, 0.1) is 6.61 Å². The Kier molecular flexibility index (Phi) is 4.71. The zero-order chi connectivity index (χ0) is 11.3. The highest BCUT2D eigenvalue weighted by molar-refractivity contribution is 4.89. The van der Waals surface area contributed by atoms with Gasteiger partial charge in [-0.05, 0) is 5.92 Å². The first-order chi connectivity index (χ1) is 7.13. The molecule has 0 saturated heterocycles. The van der Waals surface area contributed by atoms with Crippen LogP contribution in [0.5, 0.6) is 0 Å². The highest BCUT2D eigenvalue weighted by Gasteiger charge is 2.13. The van der Waals surface area contributed by atoms with Gasteiger partial charge in [0.15, 0.2) is 5.82 Å². The van der Waals surface area contributed by atoms with Crippen molar-refractivity contribution in [3.8, 4) is 0 Å². The lowest BCUT2D eigenvalue weighted by Gasteiger charge is -2.11. The highest BCUT2D eigenvalue weighted by Crippen LogP contribution is 2.06. The van der Waals surface area contributed by atoms with E-state index in [0.717, 1.165) is 0 Å². The topological polar surface area (TPSA) is 74.2 Å². The molecule has 0 bridgehead atoms. The van der Waals surface area contributed by atoms with E-state index < -0.39 is 0 Å². The van der Waals surface area contributed by atoms with Crippen LogP contribution in [0.3, 0.4) is 0 Å². The molecule has 0 spiro atoms. The van der Waals surface area contributed by atoms with E-state index in [0.29, 0.717) is 37.1 Å². The van der Waals surface area contributed by atoms with Crippen molar-refractivity contribution in [1.29, 1.82) is 0 Å². The van der Waals surface area contributed by atoms with Gasteiger partial charge in [-0.25, -0.2) is 0 Å². The van der Waals surface area contributed by atoms with E-state index in [9.17, 15) is 0 Å². The Labute approximate surface area is 90.0 Å². The monoisotopic (exact) mass is 213 g/mol. The fraction of sp³-hybridized carbons (Fsp3) is 0.800. The van der Waals surface area contributed by atoms with Crippen LogP contribution in [0.4, 0.5) is 0 Å². The number of rotatable bonds is 6. The summed E-state index contributed by atoms with van der Waals surface area (Å²) in [6.45, 7) is 4.76. The zero-order valence-corrected chi connectivity index (χ0v) is 9.56. The molecule has 5 nitrogen and oxygen atoms in total. The molecule has 0 fully saturated rings. The smallest absolute Gasteiger partial charge is 0.228 e. The maximum atomic E-state index is 5.91. The molecule has 1 unspecified atom stereocenters. The summed E-state index contributed by atoms with van der Waals surface area (Å²) in [7, 11) is 1.65. The summed E-state index contributed by atoms with van der Waals surface area (Å²) >= 11 is 0. The third-order valence-electron chi connectivity index (χ3n) is 2.31. The predicted molar refractivity (Wildman–Crippen MR) is 56.4 cm³/mol. The molecule has 1 heterocycles. The van der Waals surface area contributed by atoms with Crippen LogP contribution in [0.1, 0.15) is 25.6 Å². The summed E-state index contributed by atoms with van der Waals surface area (Å²) in [5.41, 5.74) is 5.91. The first kappa shape index (κ1) is 12.1. The van der Waals surface area contributed by atoms with Gasteiger partial charge in [0, 0.05) is 26.0 Å². The zero-order valence-electron chi connectivity index (χ0n) is 9.56. The van der Waals surface area contributed by atoms with Gasteiger partial charge >= 0.3 is 0 Å². The third-order valence-corrected chi connectivity index (χ3v) is 2.31. The van der Waals surface area contributed by atoms with E-state index in [1.54, 1.807) is 7.11 Å². The molecule has 86 valence electrons. The normalized spacial score (nSPS) is 13.4. The van der Waals surface area contributed by atoms with Crippen molar-refractivity contribution >= 4 is 0 Å². The number of hydrogen-bond acceptors (Lipinski definition) is 5. The quantitative estimate of drug-likeness (QED) is 0.756. The van der Waals surface area contributed by atoms with Crippen molar-refractivity contribution in [2.75, 3.05) is 13.7 Å². The fourth-order valence-electron chi connectivity index (χ4n) is 1.11. The maximum Gasteiger partial charge on any atom is 0.228 e. The lowest BCUT2D eigenvalue weighted by molar-refractivity contribution is 0.199. The van der Waals surface area contributed by atoms with Crippen LogP contribution in [0.15, 0.2) is 4.52 Å². The van der Waals surface area contributed by atoms with Crippen LogP contribution in [0.25, 0.3) is 0 Å². The van der Waals surface area contributed by atoms with Gasteiger partial charge in [-0.1, -0.05) is 19.0 Å². The first-order valence-corrected chi connectivity index (χ1v) is 5.19. The first-order valence-electron chi connectivity index (χ1n) is 5.19. The highest BCUT2D eigenvalue weighted by atomic mass is 16.5. The van der Waals surface area contributed by atoms with Crippen molar-refractivity contribution in [3.63, 3.8) is 0 Å². The van der Waals surface area contributed by atoms with Gasteiger partial charge in [-0.15, -0.1) is 0 Å². The molecule has 15 heavy (non-hydrogen) atoms. The molecule has 0 saturated carbocycles. The Morgan fingerprint density at radius 2 is 2.20 bits per heavy atom. The lowest BCUT2D eigenvalue weighted by atomic mass is 10.0. The second-order valence-electron chi connectivity index (χ2n) is 3.96. The molecule has 0 aromatic carbocycles. The molecule has 0 aliphatic rings. The average molecular weight is 213 g/mol. The summed E-state index contributed by atoms with van der Waals surface area (Å²) in [4.78, 5) is 4.23. The molecular formula is C10H19N3O2. The van der Waals surface area contributed by atoms with Gasteiger partial charge < -0.3 is 15.0 Å². The van der Waals surface area contributed by atoms with Gasteiger partial charge in [0.1, 0.15) is 0 Å². The van der Waals surface area contributed by atoms with Crippen molar-refractivity contribution in [3.05, 3.63) is 11.7 Å². The Bertz CT molecular complexity index is 286. The molecule has 1 aromatic heterocycles. The van der Waals surface area contributed by atoms with Crippen molar-refractivity contribution in [1.82, 2.24) is 10.1 Å². The Balaban J connectivity index is 2.45. The molecule has 0 aliphatic heterocycles. The van der Waals surface area contributed by atoms with Crippen LogP contribution in [-0.4, -0.2) is 29.9 Å². The molecule has 0 radical (unpaired) electrons. The van der Waals surface area contributed by atoms with E-state index in [1.165, 1.54) is 0 Å². The number of nitrogens with zero attached hydrogens (tertiary/aromatic N) is 2. The van der Waals surface area contributed by atoms with E-state index in [4.69, 9.17) is 15.0 Å². The maximum absolute atomic E-state index is 5.91. The fourth-order valence-corrected chi connectivity index (χ4v) is 1.11. The number of nitrogens with two attached hydrogens (primary N) is 1. The number of ether oxygens (including phenoxy) is 1. The largest absolute Gasteiger partial charge is 0.384 e. The number of aromatic nitrogens is 2. The van der Waals surface area contributed by atoms with Crippen molar-refractivity contribution in [2.24, 2.45) is 11.7 Å². The molecule has 2 N–H and O–H groups in total. The predicted octanol–water partition coefficient (Wildman–Crippen LogP) is 0.784. The molecular weight excluding hydrogens is 194 g/mol. The second kappa shape index (κ2) is 5.82. The molecule has 5 heteroatoms. The standard InChI is InChI=1S/C10H19N3O2/c1-7(2)8(11)6-10-12-9(13-15-10)4-5-14-3/h7-8H,4-6,11H2,1-3H3. The Hall–Kier alpha value is -0.940. The summed E-state index contributed by atoms with van der Waals surface area (Å²) in [5.74, 6) is 1.71. The van der Waals surface area contributed by atoms with Crippen molar-refractivity contribution in [2.45, 2.75) is 32.7 Å². The molecule has 0 aliphatic carbocycles. The second-order valence-corrected chi connectivity index (χ2v) is 3.96. The Morgan fingerprint density at radius 1 is 1.47 bits per heavy atom. The van der Waals surface area contributed by atoms with E-state index in [2.05, 4.69) is 24.0 Å². The van der Waals surface area contributed by atoms with Gasteiger partial charge in [0.2, 0.25) is 5.89 Å². The van der Waals surface area contributed by atoms with Crippen LogP contribution >= 0.6 is 0 Å². The van der Waals surface area contributed by atoms with E-state index in [1.807, 2.05) is 0 Å². The summed E-state index contributed by atoms with van der Waals surface area (Å²) in [6.07, 6.45) is 1.31. The number of hydrogen-bond donors (Lipinski definition) is 1. The molecule has 0 amide bonds. The van der Waals surface area contributed by atoms with Crippen LogP contribution in [-0.2, 0) is 17.6 Å². The molecule has 1 atom stereocenters. The van der Waals surface area contributed by atoms with Crippen LogP contribution in [0, 0.1) is 5.92 Å². The van der Waals surface area contributed by atoms with Crippen molar-refractivity contribution < 1.29 is 9.26 Å². The van der Waals surface area contributed by atoms with Gasteiger partial charge in [-0.3, -0.25) is 0 Å². The minimum atomic E-state index is 0.0701. The lowest BCUT2D eigenvalue weighted by Crippen LogP contribution is -2.28. The minimum Gasteiger partial charge on any atom is -0.384 e.